The van der Waals surface area contributed by atoms with E-state index in [0.717, 1.165) is 39.3 Å². The van der Waals surface area contributed by atoms with Crippen LogP contribution in [-0.4, -0.2) is 72.7 Å². The minimum Gasteiger partial charge on any atom is -0.481 e. The molecule has 3 rings (SSSR count). The first-order chi connectivity index (χ1) is 11.6. The Labute approximate surface area is 144 Å². The number of likely N-dealkylation sites (tertiary alicyclic amines) is 1. The zero-order valence-corrected chi connectivity index (χ0v) is 14.7. The third-order valence-electron chi connectivity index (χ3n) is 5.41. The number of piperazine rings is 1. The van der Waals surface area contributed by atoms with Gasteiger partial charge in [0.25, 0.3) is 0 Å². The Kier molecular flexibility index (Phi) is 5.74. The van der Waals surface area contributed by atoms with Crippen LogP contribution in [0.5, 0.6) is 0 Å². The third kappa shape index (κ3) is 4.28. The molecule has 0 spiro atoms. The lowest BCUT2D eigenvalue weighted by atomic mass is 10.0. The Hall–Kier alpha value is -1.59. The van der Waals surface area contributed by atoms with Gasteiger partial charge in [0.1, 0.15) is 0 Å². The molecule has 5 nitrogen and oxygen atoms in total. The van der Waals surface area contributed by atoms with Crippen molar-refractivity contribution in [2.24, 2.45) is 0 Å². The zero-order chi connectivity index (χ0) is 16.9. The summed E-state index contributed by atoms with van der Waals surface area (Å²) < 4.78 is 0. The largest absolute Gasteiger partial charge is 0.481 e. The first-order valence-electron chi connectivity index (χ1n) is 9.12. The summed E-state index contributed by atoms with van der Waals surface area (Å²) in [4.78, 5) is 18.2. The molecular formula is C19H29N3O2. The van der Waals surface area contributed by atoms with Gasteiger partial charge in [0.2, 0.25) is 0 Å². The van der Waals surface area contributed by atoms with Crippen molar-refractivity contribution in [3.05, 3.63) is 29.8 Å². The van der Waals surface area contributed by atoms with E-state index in [1.54, 1.807) is 0 Å². The average molecular weight is 331 g/mol. The van der Waals surface area contributed by atoms with Crippen molar-refractivity contribution in [2.75, 3.05) is 50.7 Å². The number of carbonyl (C=O) groups is 1. The Morgan fingerprint density at radius 3 is 2.62 bits per heavy atom. The number of carboxylic acids is 1. The SMILES string of the molecule is Cc1ccccc1N1CCN([C@H]2CCCN(CCC(=O)O)C2)CC1. The minimum atomic E-state index is -0.691. The molecule has 2 saturated heterocycles. The maximum atomic E-state index is 10.8. The Balaban J connectivity index is 1.51. The average Bonchev–Trinajstić information content (AvgIpc) is 2.61. The number of hydrogen-bond acceptors (Lipinski definition) is 4. The summed E-state index contributed by atoms with van der Waals surface area (Å²) in [5.74, 6) is -0.691. The quantitative estimate of drug-likeness (QED) is 0.895. The van der Waals surface area contributed by atoms with E-state index >= 15 is 0 Å². The molecule has 0 saturated carbocycles. The van der Waals surface area contributed by atoms with Crippen molar-refractivity contribution < 1.29 is 9.90 Å². The highest BCUT2D eigenvalue weighted by Gasteiger charge is 2.28. The van der Waals surface area contributed by atoms with Crippen LogP contribution in [0.25, 0.3) is 0 Å². The van der Waals surface area contributed by atoms with Crippen molar-refractivity contribution in [1.82, 2.24) is 9.80 Å². The van der Waals surface area contributed by atoms with Crippen LogP contribution in [-0.2, 0) is 4.79 Å². The van der Waals surface area contributed by atoms with Crippen LogP contribution in [0.4, 0.5) is 5.69 Å². The van der Waals surface area contributed by atoms with Gasteiger partial charge in [-0.05, 0) is 37.9 Å². The van der Waals surface area contributed by atoms with Gasteiger partial charge in [0, 0.05) is 51.0 Å². The van der Waals surface area contributed by atoms with Crippen molar-refractivity contribution in [1.29, 1.82) is 0 Å². The lowest BCUT2D eigenvalue weighted by Gasteiger charge is -2.44. The van der Waals surface area contributed by atoms with Crippen LogP contribution in [0.2, 0.25) is 0 Å². The summed E-state index contributed by atoms with van der Waals surface area (Å²) in [6.45, 7) is 9.31. The van der Waals surface area contributed by atoms with Crippen molar-refractivity contribution >= 4 is 11.7 Å². The Bertz CT molecular complexity index is 555. The van der Waals surface area contributed by atoms with E-state index in [1.807, 2.05) is 0 Å². The maximum Gasteiger partial charge on any atom is 0.304 e. The smallest absolute Gasteiger partial charge is 0.304 e. The number of benzene rings is 1. The number of para-hydroxylation sites is 1. The molecule has 0 amide bonds. The highest BCUT2D eigenvalue weighted by atomic mass is 16.4. The molecule has 132 valence electrons. The molecule has 2 aliphatic heterocycles. The molecule has 1 atom stereocenters. The van der Waals surface area contributed by atoms with Gasteiger partial charge in [-0.25, -0.2) is 0 Å². The number of carboxylic acid groups (broad SMARTS) is 1. The summed E-state index contributed by atoms with van der Waals surface area (Å²) in [5, 5.41) is 8.88. The lowest BCUT2D eigenvalue weighted by Crippen LogP contribution is -2.55. The molecule has 0 aromatic heterocycles. The monoisotopic (exact) mass is 331 g/mol. The highest BCUT2D eigenvalue weighted by molar-refractivity contribution is 5.66. The molecule has 0 radical (unpaired) electrons. The molecule has 0 unspecified atom stereocenters. The summed E-state index contributed by atoms with van der Waals surface area (Å²) in [6, 6.07) is 9.22. The van der Waals surface area contributed by atoms with E-state index in [-0.39, 0.29) is 6.42 Å². The van der Waals surface area contributed by atoms with Crippen molar-refractivity contribution in [2.45, 2.75) is 32.2 Å². The molecule has 1 aromatic rings. The fourth-order valence-corrected chi connectivity index (χ4v) is 4.03. The zero-order valence-electron chi connectivity index (χ0n) is 14.7. The van der Waals surface area contributed by atoms with Gasteiger partial charge in [-0.3, -0.25) is 9.69 Å². The summed E-state index contributed by atoms with van der Waals surface area (Å²) in [6.07, 6.45) is 2.68. The fraction of sp³-hybridized carbons (Fsp3) is 0.632. The first kappa shape index (κ1) is 17.2. The first-order valence-corrected chi connectivity index (χ1v) is 9.12. The van der Waals surface area contributed by atoms with Gasteiger partial charge >= 0.3 is 5.97 Å². The van der Waals surface area contributed by atoms with Gasteiger partial charge < -0.3 is 14.9 Å². The van der Waals surface area contributed by atoms with Gasteiger partial charge in [-0.1, -0.05) is 18.2 Å². The Morgan fingerprint density at radius 2 is 1.92 bits per heavy atom. The van der Waals surface area contributed by atoms with E-state index in [4.69, 9.17) is 5.11 Å². The van der Waals surface area contributed by atoms with Gasteiger partial charge in [-0.15, -0.1) is 0 Å². The molecule has 1 aromatic carbocycles. The van der Waals surface area contributed by atoms with Crippen LogP contribution >= 0.6 is 0 Å². The molecule has 0 aliphatic carbocycles. The minimum absolute atomic E-state index is 0.258. The normalized spacial score (nSPS) is 23.4. The van der Waals surface area contributed by atoms with Crippen molar-refractivity contribution in [3.8, 4) is 0 Å². The number of rotatable bonds is 5. The van der Waals surface area contributed by atoms with E-state index in [1.165, 1.54) is 24.1 Å². The van der Waals surface area contributed by atoms with Crippen molar-refractivity contribution in [3.63, 3.8) is 0 Å². The van der Waals surface area contributed by atoms with Gasteiger partial charge in [-0.2, -0.15) is 0 Å². The number of aryl methyl sites for hydroxylation is 1. The second-order valence-electron chi connectivity index (χ2n) is 7.05. The number of piperidine rings is 1. The standard InChI is InChI=1S/C19H29N3O2/c1-16-5-2-3-7-18(16)22-13-11-21(12-14-22)17-6-4-9-20(15-17)10-8-19(23)24/h2-3,5,7,17H,4,6,8-15H2,1H3,(H,23,24)/t17-/m0/s1. The molecule has 5 heteroatoms. The van der Waals surface area contributed by atoms with Gasteiger partial charge in [0.15, 0.2) is 0 Å². The number of hydrogen-bond donors (Lipinski definition) is 1. The molecule has 0 bridgehead atoms. The van der Waals surface area contributed by atoms with E-state index < -0.39 is 5.97 Å². The number of anilines is 1. The molecule has 24 heavy (non-hydrogen) atoms. The molecule has 2 heterocycles. The highest BCUT2D eigenvalue weighted by Crippen LogP contribution is 2.23. The van der Waals surface area contributed by atoms with Crippen LogP contribution in [0.3, 0.4) is 0 Å². The topological polar surface area (TPSA) is 47.0 Å². The van der Waals surface area contributed by atoms with Crippen LogP contribution in [0, 0.1) is 6.92 Å². The van der Waals surface area contributed by atoms with Crippen LogP contribution < -0.4 is 4.90 Å². The lowest BCUT2D eigenvalue weighted by molar-refractivity contribution is -0.137. The van der Waals surface area contributed by atoms with Crippen LogP contribution in [0.15, 0.2) is 24.3 Å². The molecule has 2 aliphatic rings. The second kappa shape index (κ2) is 7.99. The molecular weight excluding hydrogens is 302 g/mol. The van der Waals surface area contributed by atoms with Crippen LogP contribution in [0.1, 0.15) is 24.8 Å². The van der Waals surface area contributed by atoms with E-state index in [0.29, 0.717) is 12.6 Å². The maximum absolute atomic E-state index is 10.8. The van der Waals surface area contributed by atoms with Gasteiger partial charge in [0.05, 0.1) is 6.42 Å². The number of nitrogens with zero attached hydrogens (tertiary/aromatic N) is 3. The second-order valence-corrected chi connectivity index (χ2v) is 7.05. The third-order valence-corrected chi connectivity index (χ3v) is 5.41. The Morgan fingerprint density at radius 1 is 1.17 bits per heavy atom. The fourth-order valence-electron chi connectivity index (χ4n) is 4.03. The predicted octanol–water partition coefficient (Wildman–Crippen LogP) is 2.06. The van der Waals surface area contributed by atoms with E-state index in [2.05, 4.69) is 45.9 Å². The summed E-state index contributed by atoms with van der Waals surface area (Å²) in [7, 11) is 0. The predicted molar refractivity (Wildman–Crippen MR) is 96.7 cm³/mol. The molecule has 2 fully saturated rings. The number of aliphatic carboxylic acids is 1. The summed E-state index contributed by atoms with van der Waals surface area (Å²) in [5.41, 5.74) is 2.72. The summed E-state index contributed by atoms with van der Waals surface area (Å²) >= 11 is 0. The molecule has 1 N–H and O–H groups in total. The van der Waals surface area contributed by atoms with E-state index in [9.17, 15) is 4.79 Å².